The summed E-state index contributed by atoms with van der Waals surface area (Å²) in [6.45, 7) is 2.70. The fourth-order valence-corrected chi connectivity index (χ4v) is 3.76. The van der Waals surface area contributed by atoms with Crippen molar-refractivity contribution < 1.29 is 0 Å². The van der Waals surface area contributed by atoms with Crippen molar-refractivity contribution in [2.24, 2.45) is 0 Å². The maximum atomic E-state index is 6.10. The minimum atomic E-state index is 0.640. The summed E-state index contributed by atoms with van der Waals surface area (Å²) < 4.78 is 2.02. The molecule has 2 N–H and O–H groups in total. The van der Waals surface area contributed by atoms with Gasteiger partial charge in [0.25, 0.3) is 0 Å². The first-order chi connectivity index (χ1) is 11.2. The van der Waals surface area contributed by atoms with E-state index in [1.807, 2.05) is 23.7 Å². The van der Waals surface area contributed by atoms with Crippen molar-refractivity contribution in [3.05, 3.63) is 53.5 Å². The predicted molar refractivity (Wildman–Crippen MR) is 93.4 cm³/mol. The van der Waals surface area contributed by atoms with E-state index in [1.54, 1.807) is 0 Å². The minimum absolute atomic E-state index is 0.640. The third-order valence-corrected chi connectivity index (χ3v) is 4.90. The zero-order chi connectivity index (χ0) is 15.8. The second-order valence-corrected chi connectivity index (χ2v) is 6.52. The van der Waals surface area contributed by atoms with E-state index in [0.29, 0.717) is 12.5 Å². The lowest BCUT2D eigenvalue weighted by molar-refractivity contribution is 0.659. The molecule has 1 aromatic carbocycles. The van der Waals surface area contributed by atoms with Crippen LogP contribution in [0.2, 0.25) is 0 Å². The molecule has 23 heavy (non-hydrogen) atoms. The predicted octanol–water partition coefficient (Wildman–Crippen LogP) is 4.03. The summed E-state index contributed by atoms with van der Waals surface area (Å²) in [6, 6.07) is 12.4. The maximum Gasteiger partial charge on any atom is 0.0838 e. The molecule has 1 aliphatic rings. The normalized spacial score (nSPS) is 15.5. The Kier molecular flexibility index (Phi) is 3.52. The summed E-state index contributed by atoms with van der Waals surface area (Å²) in [4.78, 5) is 4.90. The summed E-state index contributed by atoms with van der Waals surface area (Å²) in [6.07, 6.45) is 5.21. The maximum absolute atomic E-state index is 6.10. The molecule has 0 aliphatic heterocycles. The quantitative estimate of drug-likeness (QED) is 0.743. The SMILES string of the molecule is Cc1nn(Cc2cccc(C3CCCC3)n2)c2cccc(N)c12. The Morgan fingerprint density at radius 3 is 2.74 bits per heavy atom. The van der Waals surface area contributed by atoms with E-state index in [0.717, 1.165) is 28.0 Å². The average Bonchev–Trinajstić information content (AvgIpc) is 3.18. The van der Waals surface area contributed by atoms with Crippen LogP contribution in [0.25, 0.3) is 10.9 Å². The van der Waals surface area contributed by atoms with E-state index in [4.69, 9.17) is 10.7 Å². The fraction of sp³-hybridized carbons (Fsp3) is 0.368. The monoisotopic (exact) mass is 306 g/mol. The van der Waals surface area contributed by atoms with Crippen LogP contribution in [-0.4, -0.2) is 14.8 Å². The highest BCUT2D eigenvalue weighted by Crippen LogP contribution is 2.33. The molecule has 118 valence electrons. The molecule has 3 aromatic rings. The summed E-state index contributed by atoms with van der Waals surface area (Å²) >= 11 is 0. The van der Waals surface area contributed by atoms with Gasteiger partial charge in [-0.25, -0.2) is 0 Å². The molecular weight excluding hydrogens is 284 g/mol. The molecule has 2 heterocycles. The lowest BCUT2D eigenvalue weighted by Gasteiger charge is -2.10. The van der Waals surface area contributed by atoms with Crippen LogP contribution in [-0.2, 0) is 6.54 Å². The van der Waals surface area contributed by atoms with Crippen molar-refractivity contribution in [2.75, 3.05) is 5.73 Å². The number of hydrogen-bond acceptors (Lipinski definition) is 3. The van der Waals surface area contributed by atoms with Crippen LogP contribution < -0.4 is 5.73 Å². The van der Waals surface area contributed by atoms with Crippen LogP contribution in [0.15, 0.2) is 36.4 Å². The smallest absolute Gasteiger partial charge is 0.0838 e. The average molecular weight is 306 g/mol. The third-order valence-electron chi connectivity index (χ3n) is 4.90. The van der Waals surface area contributed by atoms with E-state index in [-0.39, 0.29) is 0 Å². The minimum Gasteiger partial charge on any atom is -0.398 e. The van der Waals surface area contributed by atoms with Crippen LogP contribution in [0, 0.1) is 6.92 Å². The van der Waals surface area contributed by atoms with Gasteiger partial charge in [0.1, 0.15) is 0 Å². The first-order valence-electron chi connectivity index (χ1n) is 8.40. The van der Waals surface area contributed by atoms with Crippen LogP contribution >= 0.6 is 0 Å². The van der Waals surface area contributed by atoms with E-state index >= 15 is 0 Å². The van der Waals surface area contributed by atoms with Crippen molar-refractivity contribution in [1.29, 1.82) is 0 Å². The van der Waals surface area contributed by atoms with Crippen LogP contribution in [0.5, 0.6) is 0 Å². The summed E-state index contributed by atoms with van der Waals surface area (Å²) in [5, 5.41) is 5.72. The van der Waals surface area contributed by atoms with Gasteiger partial charge in [-0.2, -0.15) is 5.10 Å². The number of aromatic nitrogens is 3. The van der Waals surface area contributed by atoms with Crippen LogP contribution in [0.4, 0.5) is 5.69 Å². The zero-order valence-corrected chi connectivity index (χ0v) is 13.5. The highest BCUT2D eigenvalue weighted by atomic mass is 15.3. The lowest BCUT2D eigenvalue weighted by atomic mass is 10.0. The highest BCUT2D eigenvalue weighted by Gasteiger charge is 2.18. The molecule has 0 spiro atoms. The van der Waals surface area contributed by atoms with Gasteiger partial charge in [0.05, 0.1) is 23.4 Å². The van der Waals surface area contributed by atoms with Gasteiger partial charge in [0.15, 0.2) is 0 Å². The Bertz CT molecular complexity index is 844. The summed E-state index contributed by atoms with van der Waals surface area (Å²) in [5.74, 6) is 0.640. The number of nitrogens with zero attached hydrogens (tertiary/aromatic N) is 3. The number of pyridine rings is 1. The number of rotatable bonds is 3. The molecular formula is C19H22N4. The van der Waals surface area contributed by atoms with E-state index in [2.05, 4.69) is 29.4 Å². The first kappa shape index (κ1) is 14.2. The van der Waals surface area contributed by atoms with Crippen molar-refractivity contribution in [3.8, 4) is 0 Å². The van der Waals surface area contributed by atoms with Crippen molar-refractivity contribution in [2.45, 2.75) is 45.1 Å². The Balaban J connectivity index is 1.68. The van der Waals surface area contributed by atoms with Gasteiger partial charge in [0, 0.05) is 22.7 Å². The Hall–Kier alpha value is -2.36. The number of anilines is 1. The molecule has 0 amide bonds. The Labute approximate surface area is 136 Å². The molecule has 0 radical (unpaired) electrons. The zero-order valence-electron chi connectivity index (χ0n) is 13.5. The van der Waals surface area contributed by atoms with Crippen LogP contribution in [0.1, 0.15) is 48.7 Å². The second-order valence-electron chi connectivity index (χ2n) is 6.52. The van der Waals surface area contributed by atoms with Crippen molar-refractivity contribution in [1.82, 2.24) is 14.8 Å². The van der Waals surface area contributed by atoms with Crippen LogP contribution in [0.3, 0.4) is 0 Å². The summed E-state index contributed by atoms with van der Waals surface area (Å²) in [7, 11) is 0. The molecule has 0 unspecified atom stereocenters. The number of fused-ring (bicyclic) bond motifs is 1. The van der Waals surface area contributed by atoms with Gasteiger partial charge in [-0.1, -0.05) is 25.0 Å². The molecule has 2 aromatic heterocycles. The largest absolute Gasteiger partial charge is 0.398 e. The van der Waals surface area contributed by atoms with Crippen molar-refractivity contribution in [3.63, 3.8) is 0 Å². The fourth-order valence-electron chi connectivity index (χ4n) is 3.76. The standard InChI is InChI=1S/C19H22N4/c1-13-19-16(20)9-5-11-18(19)23(22-13)12-15-8-4-10-17(21-15)14-6-2-3-7-14/h4-5,8-11,14H,2-3,6-7,12,20H2,1H3. The number of aryl methyl sites for hydroxylation is 1. The molecule has 0 saturated heterocycles. The van der Waals surface area contributed by atoms with Gasteiger partial charge in [0.2, 0.25) is 0 Å². The Morgan fingerprint density at radius 2 is 1.91 bits per heavy atom. The van der Waals surface area contributed by atoms with E-state index in [1.165, 1.54) is 31.4 Å². The van der Waals surface area contributed by atoms with Crippen molar-refractivity contribution >= 4 is 16.6 Å². The lowest BCUT2D eigenvalue weighted by Crippen LogP contribution is -2.06. The van der Waals surface area contributed by atoms with Gasteiger partial charge in [-0.15, -0.1) is 0 Å². The topological polar surface area (TPSA) is 56.7 Å². The van der Waals surface area contributed by atoms with Gasteiger partial charge < -0.3 is 5.73 Å². The molecule has 1 saturated carbocycles. The second kappa shape index (κ2) is 5.69. The third kappa shape index (κ3) is 2.58. The molecule has 1 aliphatic carbocycles. The molecule has 0 bridgehead atoms. The van der Waals surface area contributed by atoms with E-state index in [9.17, 15) is 0 Å². The van der Waals surface area contributed by atoms with E-state index < -0.39 is 0 Å². The number of nitrogen functional groups attached to an aromatic ring is 1. The highest BCUT2D eigenvalue weighted by molar-refractivity contribution is 5.92. The summed E-state index contributed by atoms with van der Waals surface area (Å²) in [5.41, 5.74) is 11.3. The molecule has 4 heteroatoms. The number of nitrogens with two attached hydrogens (primary N) is 1. The van der Waals surface area contributed by atoms with Gasteiger partial charge >= 0.3 is 0 Å². The van der Waals surface area contributed by atoms with Gasteiger partial charge in [-0.05, 0) is 44.0 Å². The molecule has 4 rings (SSSR count). The number of benzene rings is 1. The van der Waals surface area contributed by atoms with Gasteiger partial charge in [-0.3, -0.25) is 9.67 Å². The molecule has 1 fully saturated rings. The molecule has 4 nitrogen and oxygen atoms in total. The molecule has 0 atom stereocenters. The number of hydrogen-bond donors (Lipinski definition) is 1. The first-order valence-corrected chi connectivity index (χ1v) is 8.40. The Morgan fingerprint density at radius 1 is 1.13 bits per heavy atom.